The van der Waals surface area contributed by atoms with Crippen molar-refractivity contribution < 1.29 is 38.8 Å². The minimum Gasteiger partial charge on any atom is -0.468 e. The van der Waals surface area contributed by atoms with Crippen LogP contribution in [0.15, 0.2) is 36.8 Å². The van der Waals surface area contributed by atoms with Crippen LogP contribution in [0.5, 0.6) is 5.75 Å². The highest BCUT2D eigenvalue weighted by atomic mass is 31.2. The summed E-state index contributed by atoms with van der Waals surface area (Å²) in [6.07, 6.45) is 3.79. The second-order valence-corrected chi connectivity index (χ2v) is 10.9. The van der Waals surface area contributed by atoms with Crippen molar-refractivity contribution in [3.8, 4) is 18.1 Å². The lowest BCUT2D eigenvalue weighted by Gasteiger charge is -2.25. The number of carbonyl (C=O) groups excluding carboxylic acids is 1. The third-order valence-electron chi connectivity index (χ3n) is 6.33. The van der Waals surface area contributed by atoms with Crippen LogP contribution in [0.3, 0.4) is 0 Å². The van der Waals surface area contributed by atoms with Crippen LogP contribution in [0.4, 0.5) is 10.2 Å². The second kappa shape index (κ2) is 10.9. The maximum Gasteiger partial charge on any atom is 0.459 e. The number of aromatic nitrogens is 3. The first-order chi connectivity index (χ1) is 18.4. The first-order valence-electron chi connectivity index (χ1n) is 11.9. The first kappa shape index (κ1) is 28.5. The number of rotatable bonds is 9. The highest BCUT2D eigenvalue weighted by molar-refractivity contribution is 7.52. The molecule has 1 aliphatic heterocycles. The highest BCUT2D eigenvalue weighted by Crippen LogP contribution is 2.48. The number of halogens is 1. The van der Waals surface area contributed by atoms with Crippen molar-refractivity contribution in [3.63, 3.8) is 0 Å². The Hall–Kier alpha value is -3.53. The molecule has 0 spiro atoms. The van der Waals surface area contributed by atoms with Gasteiger partial charge in [0, 0.05) is 7.62 Å². The molecule has 12 nitrogen and oxygen atoms in total. The summed E-state index contributed by atoms with van der Waals surface area (Å²) in [6.45, 7) is 3.85. The summed E-state index contributed by atoms with van der Waals surface area (Å²) in [4.78, 5) is 20.1. The summed E-state index contributed by atoms with van der Waals surface area (Å²) in [5.74, 6) is 2.04. The zero-order valence-electron chi connectivity index (χ0n) is 21.7. The Bertz CT molecular complexity index is 1460. The quantitative estimate of drug-likeness (QED) is 0.200. The molecule has 0 aliphatic carbocycles. The normalized spacial score (nSPS) is 25.1. The number of methoxy groups -OCH3 is 1. The van der Waals surface area contributed by atoms with E-state index < -0.39 is 50.5 Å². The average Bonchev–Trinajstić information content (AvgIpc) is 3.38. The van der Waals surface area contributed by atoms with E-state index in [1.807, 2.05) is 6.92 Å². The van der Waals surface area contributed by atoms with Crippen LogP contribution in [-0.4, -0.2) is 63.2 Å². The van der Waals surface area contributed by atoms with Crippen LogP contribution in [0, 0.1) is 19.3 Å². The molecule has 2 unspecified atom stereocenters. The summed E-state index contributed by atoms with van der Waals surface area (Å²) in [7, 11) is -3.10. The predicted molar refractivity (Wildman–Crippen MR) is 141 cm³/mol. The van der Waals surface area contributed by atoms with Gasteiger partial charge >= 0.3 is 13.7 Å². The van der Waals surface area contributed by atoms with Gasteiger partial charge in [-0.2, -0.15) is 5.09 Å². The van der Waals surface area contributed by atoms with E-state index in [1.165, 1.54) is 31.1 Å². The van der Waals surface area contributed by atoms with Crippen molar-refractivity contribution in [2.45, 2.75) is 50.9 Å². The molecule has 14 heteroatoms. The van der Waals surface area contributed by atoms with E-state index in [-0.39, 0.29) is 18.6 Å². The summed E-state index contributed by atoms with van der Waals surface area (Å²) in [5, 5.41) is 13.7. The molecule has 1 aliphatic rings. The number of ether oxygens (including phenoxy) is 2. The summed E-state index contributed by atoms with van der Waals surface area (Å²) < 4.78 is 52.7. The van der Waals surface area contributed by atoms with Crippen molar-refractivity contribution in [1.82, 2.24) is 19.6 Å². The third kappa shape index (κ3) is 5.61. The van der Waals surface area contributed by atoms with Crippen molar-refractivity contribution in [2.75, 3.05) is 19.5 Å². The molecule has 6 atom stereocenters. The van der Waals surface area contributed by atoms with E-state index in [2.05, 4.69) is 25.7 Å². The molecule has 210 valence electrons. The van der Waals surface area contributed by atoms with Crippen LogP contribution in [0.25, 0.3) is 11.0 Å². The number of nitrogens with two attached hydrogens (primary N) is 1. The molecule has 4 rings (SSSR count). The van der Waals surface area contributed by atoms with Crippen molar-refractivity contribution >= 4 is 30.6 Å². The van der Waals surface area contributed by atoms with Crippen LogP contribution in [0.2, 0.25) is 0 Å². The number of esters is 1. The minimum atomic E-state index is -4.27. The van der Waals surface area contributed by atoms with Crippen LogP contribution in [0.1, 0.15) is 32.6 Å². The van der Waals surface area contributed by atoms with Crippen molar-refractivity contribution in [1.29, 1.82) is 0 Å². The smallest absolute Gasteiger partial charge is 0.459 e. The van der Waals surface area contributed by atoms with Gasteiger partial charge < -0.3 is 29.4 Å². The summed E-state index contributed by atoms with van der Waals surface area (Å²) >= 11 is 0. The molecule has 0 bridgehead atoms. The van der Waals surface area contributed by atoms with E-state index in [0.717, 1.165) is 12.5 Å². The zero-order chi connectivity index (χ0) is 28.5. The fraction of sp³-hybridized carbons (Fsp3) is 0.400. The Labute approximate surface area is 225 Å². The Morgan fingerprint density at radius 3 is 2.77 bits per heavy atom. The van der Waals surface area contributed by atoms with Gasteiger partial charge in [0.25, 0.3) is 0 Å². The standard InChI is InChI=1S/C25H29FN5O7P.H2/c1-6-16-11-31(22-19(16)21(27)28-13-29-22)24-25(4,26)20(32)18(37-24)12-36-39(34,30-15(3)23(33)35-5)38-17-9-7-14(2)8-10-17;/h1,7-11,13,15,18,20,24,32H,12H2,2-5H3,(H,30,34)(H2,27,28,29);1H/t15?,18-,20-,24-,25-,39?;/m1./s1. The molecule has 2 aromatic heterocycles. The minimum absolute atomic E-state index is 0. The molecule has 1 aromatic carbocycles. The number of aliphatic hydroxyl groups is 1. The highest BCUT2D eigenvalue weighted by Gasteiger charge is 2.56. The number of aryl methyl sites for hydroxylation is 1. The molecule has 39 heavy (non-hydrogen) atoms. The number of terminal acetylenes is 1. The number of benzene rings is 1. The number of nitrogen functional groups attached to an aromatic ring is 1. The van der Waals surface area contributed by atoms with Gasteiger partial charge in [0.05, 0.1) is 24.7 Å². The number of alkyl halides is 1. The number of nitrogens with one attached hydrogen (secondary N) is 1. The summed E-state index contributed by atoms with van der Waals surface area (Å²) in [6, 6.07) is 5.51. The van der Waals surface area contributed by atoms with Crippen molar-refractivity contribution in [3.05, 3.63) is 47.9 Å². The van der Waals surface area contributed by atoms with Gasteiger partial charge in [-0.25, -0.2) is 18.9 Å². The van der Waals surface area contributed by atoms with Gasteiger partial charge in [0.2, 0.25) is 0 Å². The lowest BCUT2D eigenvalue weighted by Crippen LogP contribution is -2.41. The maximum absolute atomic E-state index is 16.0. The van der Waals surface area contributed by atoms with E-state index >= 15 is 4.39 Å². The van der Waals surface area contributed by atoms with E-state index in [9.17, 15) is 14.5 Å². The van der Waals surface area contributed by atoms with E-state index in [0.29, 0.717) is 10.9 Å². The molecular weight excluding hydrogens is 532 g/mol. The zero-order valence-corrected chi connectivity index (χ0v) is 22.6. The molecule has 1 saturated heterocycles. The Balaban J connectivity index is 0.00000441. The average molecular weight is 564 g/mol. The summed E-state index contributed by atoms with van der Waals surface area (Å²) in [5.41, 5.74) is 5.05. The second-order valence-electron chi connectivity index (χ2n) is 9.25. The van der Waals surface area contributed by atoms with Gasteiger partial charge in [0.1, 0.15) is 41.8 Å². The molecule has 3 heterocycles. The lowest BCUT2D eigenvalue weighted by atomic mass is 9.98. The van der Waals surface area contributed by atoms with Crippen molar-refractivity contribution in [2.24, 2.45) is 0 Å². The molecule has 3 aromatic rings. The molecule has 0 amide bonds. The molecule has 0 saturated carbocycles. The Morgan fingerprint density at radius 1 is 1.44 bits per heavy atom. The number of aliphatic hydroxyl groups excluding tert-OH is 1. The lowest BCUT2D eigenvalue weighted by molar-refractivity contribution is -0.142. The number of hydrogen-bond donors (Lipinski definition) is 3. The maximum atomic E-state index is 16.0. The topological polar surface area (TPSA) is 160 Å². The SMILES string of the molecule is C#Cc1cn([C@@H]2O[C@H](COP(=O)(NC(C)C(=O)OC)Oc3ccc(C)cc3)[C@@H](O)[C@@]2(C)F)c2ncnc(N)c12.[HH]. The van der Waals surface area contributed by atoms with E-state index in [1.54, 1.807) is 24.3 Å². The van der Waals surface area contributed by atoms with Gasteiger partial charge in [-0.15, -0.1) is 6.42 Å². The first-order valence-corrected chi connectivity index (χ1v) is 13.4. The number of anilines is 1. The largest absolute Gasteiger partial charge is 0.468 e. The van der Waals surface area contributed by atoms with Gasteiger partial charge in [-0.3, -0.25) is 9.32 Å². The fourth-order valence-electron chi connectivity index (χ4n) is 4.21. The number of carbonyl (C=O) groups is 1. The number of hydrogen-bond acceptors (Lipinski definition) is 10. The number of nitrogens with zero attached hydrogens (tertiary/aromatic N) is 3. The van der Waals surface area contributed by atoms with Crippen LogP contribution < -0.4 is 15.3 Å². The van der Waals surface area contributed by atoms with E-state index in [4.69, 9.17) is 25.9 Å². The van der Waals surface area contributed by atoms with Crippen LogP contribution in [-0.2, 0) is 23.4 Å². The van der Waals surface area contributed by atoms with Gasteiger partial charge in [-0.1, -0.05) is 23.6 Å². The molecule has 4 N–H and O–H groups in total. The Morgan fingerprint density at radius 2 is 2.13 bits per heavy atom. The monoisotopic (exact) mass is 563 g/mol. The number of fused-ring (bicyclic) bond motifs is 1. The van der Waals surface area contributed by atoms with Gasteiger partial charge in [-0.05, 0) is 32.9 Å². The molecule has 0 radical (unpaired) electrons. The van der Waals surface area contributed by atoms with Gasteiger partial charge in [0.15, 0.2) is 11.9 Å². The van der Waals surface area contributed by atoms with Crippen LogP contribution >= 0.6 is 7.75 Å². The predicted octanol–water partition coefficient (Wildman–Crippen LogP) is 2.89. The molecule has 1 fully saturated rings. The molecular formula is C25H31FN5O7P. The Kier molecular flexibility index (Phi) is 7.97. The fourth-order valence-corrected chi connectivity index (χ4v) is 5.72. The third-order valence-corrected chi connectivity index (χ3v) is 7.97.